The fourth-order valence-corrected chi connectivity index (χ4v) is 3.20. The van der Waals surface area contributed by atoms with E-state index in [0.717, 1.165) is 12.3 Å². The van der Waals surface area contributed by atoms with Gasteiger partial charge in [-0.25, -0.2) is 27.3 Å². The maximum absolute atomic E-state index is 14.6. The molecule has 0 bridgehead atoms. The second-order valence-electron chi connectivity index (χ2n) is 6.64. The normalized spacial score (nSPS) is 12.0. The number of sulfonamides is 1. The molecular weight excluding hydrogens is 430 g/mol. The predicted octanol–water partition coefficient (Wildman–Crippen LogP) is 4.12. The van der Waals surface area contributed by atoms with E-state index in [4.69, 9.17) is 4.74 Å². The van der Waals surface area contributed by atoms with Crippen LogP contribution in [0.25, 0.3) is 11.1 Å². The molecule has 2 aromatic rings. The van der Waals surface area contributed by atoms with Crippen LogP contribution in [0.3, 0.4) is 0 Å². The Kier molecular flexibility index (Phi) is 6.60. The highest BCUT2D eigenvalue weighted by atomic mass is 32.2. The maximum atomic E-state index is 14.6. The van der Waals surface area contributed by atoms with Crippen molar-refractivity contribution in [1.82, 2.24) is 9.71 Å². The van der Waals surface area contributed by atoms with Crippen molar-refractivity contribution in [3.8, 4) is 17.0 Å². The molecular formula is C18H19F4N3O4S. The molecule has 1 aromatic heterocycles. The average Bonchev–Trinajstić information content (AvgIpc) is 2.59. The minimum atomic E-state index is -5.12. The quantitative estimate of drug-likeness (QED) is 0.670. The molecule has 30 heavy (non-hydrogen) atoms. The van der Waals surface area contributed by atoms with E-state index in [1.807, 2.05) is 0 Å². The molecule has 0 aliphatic rings. The van der Waals surface area contributed by atoms with Crippen molar-refractivity contribution in [1.29, 1.82) is 0 Å². The summed E-state index contributed by atoms with van der Waals surface area (Å²) in [6, 6.07) is 1.72. The van der Waals surface area contributed by atoms with Crippen LogP contribution in [0.15, 0.2) is 24.4 Å². The van der Waals surface area contributed by atoms with Crippen molar-refractivity contribution in [2.75, 3.05) is 18.7 Å². The Hall–Kier alpha value is -2.89. The van der Waals surface area contributed by atoms with Crippen molar-refractivity contribution in [3.05, 3.63) is 41.3 Å². The van der Waals surface area contributed by atoms with Crippen LogP contribution in [0.2, 0.25) is 0 Å². The van der Waals surface area contributed by atoms with Gasteiger partial charge in [0, 0.05) is 17.8 Å². The molecule has 164 valence electrons. The first-order chi connectivity index (χ1) is 13.7. The monoisotopic (exact) mass is 449 g/mol. The van der Waals surface area contributed by atoms with Gasteiger partial charge in [-0.05, 0) is 29.2 Å². The minimum absolute atomic E-state index is 0.0370. The Morgan fingerprint density at radius 1 is 1.23 bits per heavy atom. The van der Waals surface area contributed by atoms with E-state index in [1.165, 1.54) is 13.2 Å². The molecule has 0 aliphatic heterocycles. The SMILES string of the molecule is COc1cc(-c2c(NC(=O)NS(C)(=O)=O)c(C(C)C)cc(F)c2C(F)(F)F)ccn1. The largest absolute Gasteiger partial charge is 0.481 e. The van der Waals surface area contributed by atoms with Gasteiger partial charge in [-0.1, -0.05) is 13.8 Å². The molecule has 1 heterocycles. The van der Waals surface area contributed by atoms with Crippen LogP contribution >= 0.6 is 0 Å². The predicted molar refractivity (Wildman–Crippen MR) is 102 cm³/mol. The van der Waals surface area contributed by atoms with Crippen LogP contribution in [0.4, 0.5) is 28.0 Å². The zero-order valence-corrected chi connectivity index (χ0v) is 17.2. The number of urea groups is 1. The number of ether oxygens (including phenoxy) is 1. The van der Waals surface area contributed by atoms with Gasteiger partial charge in [0.15, 0.2) is 0 Å². The highest BCUT2D eigenvalue weighted by Gasteiger charge is 2.40. The fourth-order valence-electron chi connectivity index (χ4n) is 2.81. The summed E-state index contributed by atoms with van der Waals surface area (Å²) in [5.41, 5.74) is -2.77. The highest BCUT2D eigenvalue weighted by molar-refractivity contribution is 7.89. The van der Waals surface area contributed by atoms with Gasteiger partial charge in [0.05, 0.1) is 19.1 Å². The number of aromatic nitrogens is 1. The summed E-state index contributed by atoms with van der Waals surface area (Å²) in [5.74, 6) is -2.09. The Labute approximate surface area is 170 Å². The lowest BCUT2D eigenvalue weighted by atomic mass is 9.90. The lowest BCUT2D eigenvalue weighted by Crippen LogP contribution is -2.34. The molecule has 2 rings (SSSR count). The first-order valence-corrected chi connectivity index (χ1v) is 10.4. The molecule has 0 aliphatic carbocycles. The van der Waals surface area contributed by atoms with Crippen LogP contribution in [-0.2, 0) is 16.2 Å². The zero-order chi connectivity index (χ0) is 22.9. The number of carbonyl (C=O) groups is 1. The van der Waals surface area contributed by atoms with Crippen molar-refractivity contribution in [2.24, 2.45) is 0 Å². The number of benzene rings is 1. The van der Waals surface area contributed by atoms with E-state index in [9.17, 15) is 30.8 Å². The van der Waals surface area contributed by atoms with Gasteiger partial charge in [-0.2, -0.15) is 13.2 Å². The maximum Gasteiger partial charge on any atom is 0.419 e. The van der Waals surface area contributed by atoms with Crippen molar-refractivity contribution >= 4 is 21.7 Å². The third kappa shape index (κ3) is 5.38. The second-order valence-corrected chi connectivity index (χ2v) is 8.39. The highest BCUT2D eigenvalue weighted by Crippen LogP contribution is 2.46. The average molecular weight is 449 g/mol. The van der Waals surface area contributed by atoms with Crippen LogP contribution in [0.1, 0.15) is 30.9 Å². The van der Waals surface area contributed by atoms with Crippen molar-refractivity contribution < 1.29 is 35.5 Å². The summed E-state index contributed by atoms with van der Waals surface area (Å²) < 4.78 is 85.2. The molecule has 0 atom stereocenters. The van der Waals surface area contributed by atoms with Crippen molar-refractivity contribution in [2.45, 2.75) is 25.9 Å². The summed E-state index contributed by atoms with van der Waals surface area (Å²) in [6.45, 7) is 3.16. The van der Waals surface area contributed by atoms with Crippen molar-refractivity contribution in [3.63, 3.8) is 0 Å². The van der Waals surface area contributed by atoms with Gasteiger partial charge in [-0.15, -0.1) is 0 Å². The first-order valence-electron chi connectivity index (χ1n) is 8.47. The topological polar surface area (TPSA) is 97.4 Å². The number of hydrogen-bond acceptors (Lipinski definition) is 5. The smallest absolute Gasteiger partial charge is 0.419 e. The van der Waals surface area contributed by atoms with Crippen LogP contribution in [0, 0.1) is 5.82 Å². The number of amides is 2. The zero-order valence-electron chi connectivity index (χ0n) is 16.4. The van der Waals surface area contributed by atoms with Crippen LogP contribution < -0.4 is 14.8 Å². The number of nitrogens with zero attached hydrogens (tertiary/aromatic N) is 1. The summed E-state index contributed by atoms with van der Waals surface area (Å²) in [5, 5.41) is 2.14. The molecule has 0 radical (unpaired) electrons. The fraction of sp³-hybridized carbons (Fsp3) is 0.333. The van der Waals surface area contributed by atoms with Gasteiger partial charge in [0.1, 0.15) is 11.4 Å². The Balaban J connectivity index is 2.89. The van der Waals surface area contributed by atoms with E-state index in [0.29, 0.717) is 12.3 Å². The molecule has 2 amide bonds. The number of pyridine rings is 1. The van der Waals surface area contributed by atoms with Gasteiger partial charge in [0.2, 0.25) is 15.9 Å². The minimum Gasteiger partial charge on any atom is -0.481 e. The molecule has 0 saturated carbocycles. The second kappa shape index (κ2) is 8.46. The molecule has 0 unspecified atom stereocenters. The third-order valence-corrected chi connectivity index (χ3v) is 4.52. The number of anilines is 1. The summed E-state index contributed by atoms with van der Waals surface area (Å²) in [7, 11) is -2.75. The summed E-state index contributed by atoms with van der Waals surface area (Å²) in [6.07, 6.45) is -3.25. The summed E-state index contributed by atoms with van der Waals surface area (Å²) in [4.78, 5) is 16.0. The van der Waals surface area contributed by atoms with E-state index < -0.39 is 45.1 Å². The third-order valence-electron chi connectivity index (χ3n) is 3.96. The Morgan fingerprint density at radius 2 is 1.87 bits per heavy atom. The molecule has 0 fully saturated rings. The molecule has 1 aromatic carbocycles. The van der Waals surface area contributed by atoms with Crippen LogP contribution in [0.5, 0.6) is 5.88 Å². The molecule has 0 spiro atoms. The van der Waals surface area contributed by atoms with E-state index in [-0.39, 0.29) is 22.7 Å². The lowest BCUT2D eigenvalue weighted by Gasteiger charge is -2.23. The molecule has 12 heteroatoms. The standard InChI is InChI=1S/C18H19F4N3O4S/c1-9(2)11-8-12(19)15(18(20,21)22)14(10-5-6-23-13(7-10)29-3)16(11)24-17(26)25-30(4,27)28/h5-9H,1-4H3,(H2,24,25,26). The Morgan fingerprint density at radius 3 is 2.37 bits per heavy atom. The molecule has 2 N–H and O–H groups in total. The number of halogens is 4. The lowest BCUT2D eigenvalue weighted by molar-refractivity contribution is -0.139. The molecule has 7 nitrogen and oxygen atoms in total. The Bertz CT molecular complexity index is 1070. The van der Waals surface area contributed by atoms with Gasteiger partial charge in [0.25, 0.3) is 0 Å². The number of nitrogens with one attached hydrogen (secondary N) is 2. The van der Waals surface area contributed by atoms with E-state index >= 15 is 0 Å². The summed E-state index contributed by atoms with van der Waals surface area (Å²) >= 11 is 0. The number of carbonyl (C=O) groups excluding carboxylic acids is 1. The van der Waals surface area contributed by atoms with E-state index in [2.05, 4.69) is 10.3 Å². The van der Waals surface area contributed by atoms with Gasteiger partial charge >= 0.3 is 12.2 Å². The van der Waals surface area contributed by atoms with Gasteiger partial charge < -0.3 is 10.1 Å². The van der Waals surface area contributed by atoms with Gasteiger partial charge in [-0.3, -0.25) is 0 Å². The van der Waals surface area contributed by atoms with Crippen LogP contribution in [-0.4, -0.2) is 32.8 Å². The number of methoxy groups -OCH3 is 1. The number of rotatable bonds is 5. The number of alkyl halides is 3. The number of hydrogen-bond donors (Lipinski definition) is 2. The molecule has 0 saturated heterocycles. The first kappa shape index (κ1) is 23.4. The van der Waals surface area contributed by atoms with E-state index in [1.54, 1.807) is 18.6 Å².